The van der Waals surface area contributed by atoms with Gasteiger partial charge in [0.15, 0.2) is 0 Å². The Hall–Kier alpha value is -2.26. The second-order valence-corrected chi connectivity index (χ2v) is 6.46. The van der Waals surface area contributed by atoms with Crippen LogP contribution in [0.4, 0.5) is 4.79 Å². The molecule has 4 N–H and O–H groups in total. The van der Waals surface area contributed by atoms with Crippen LogP contribution in [0.5, 0.6) is 5.75 Å². The van der Waals surface area contributed by atoms with Crippen LogP contribution in [-0.2, 0) is 9.53 Å². The minimum atomic E-state index is -1.64. The maximum Gasteiger partial charge on any atom is 0.472 e. The van der Waals surface area contributed by atoms with Crippen molar-refractivity contribution in [2.24, 2.45) is 0 Å². The third-order valence-electron chi connectivity index (χ3n) is 3.06. The maximum atomic E-state index is 12.1. The van der Waals surface area contributed by atoms with Crippen LogP contribution in [-0.4, -0.2) is 48.3 Å². The van der Waals surface area contributed by atoms with Gasteiger partial charge in [0.25, 0.3) is 0 Å². The summed E-state index contributed by atoms with van der Waals surface area (Å²) in [6.07, 6.45) is -1.05. The first-order valence-electron chi connectivity index (χ1n) is 7.87. The summed E-state index contributed by atoms with van der Waals surface area (Å²) in [5.74, 6) is 0.136. The molecule has 1 rings (SSSR count). The Bertz CT molecular complexity index is 588. The van der Waals surface area contributed by atoms with Gasteiger partial charge in [0.1, 0.15) is 11.4 Å². The van der Waals surface area contributed by atoms with Crippen molar-refractivity contribution in [2.75, 3.05) is 13.6 Å². The molecule has 25 heavy (non-hydrogen) atoms. The van der Waals surface area contributed by atoms with Crippen LogP contribution < -0.4 is 15.4 Å². The number of alkyl carbamates (subject to hydrolysis) is 1. The number of ether oxygens (including phenoxy) is 2. The smallest absolute Gasteiger partial charge is 0.472 e. The van der Waals surface area contributed by atoms with Gasteiger partial charge in [-0.25, -0.2) is 4.79 Å². The summed E-state index contributed by atoms with van der Waals surface area (Å²) in [5.41, 5.74) is -0.0170. The summed E-state index contributed by atoms with van der Waals surface area (Å²) in [6, 6.07) is 6.28. The zero-order chi connectivity index (χ0) is 19.0. The molecule has 0 fully saturated rings. The van der Waals surface area contributed by atoms with Crippen molar-refractivity contribution in [3.8, 4) is 5.75 Å². The summed E-state index contributed by atoms with van der Waals surface area (Å²) in [4.78, 5) is 24.1. The molecule has 0 bridgehead atoms. The number of carbonyl (C=O) groups is 2. The Morgan fingerprint density at radius 3 is 2.52 bits per heavy atom. The number of hydrogen-bond acceptors (Lipinski definition) is 6. The van der Waals surface area contributed by atoms with E-state index in [9.17, 15) is 9.59 Å². The first-order valence-corrected chi connectivity index (χ1v) is 7.87. The van der Waals surface area contributed by atoms with Crippen molar-refractivity contribution in [2.45, 2.75) is 38.8 Å². The Kier molecular flexibility index (Phi) is 7.72. The van der Waals surface area contributed by atoms with E-state index in [1.54, 1.807) is 45.0 Å². The molecule has 1 aromatic carbocycles. The van der Waals surface area contributed by atoms with E-state index in [1.165, 1.54) is 7.11 Å². The predicted molar refractivity (Wildman–Crippen MR) is 92.9 cm³/mol. The standard InChI is InChI=1S/C16H25BN2O6/c1-16(2,3)25-15(21)19-13(9-14(20)18-10-17(22)23)11-6-5-7-12(8-11)24-4/h5-8,13,22-23H,9-10H2,1-4H3,(H,18,20)(H,19,21). The van der Waals surface area contributed by atoms with Crippen molar-refractivity contribution < 1.29 is 29.1 Å². The van der Waals surface area contributed by atoms with Crippen LogP contribution in [0.2, 0.25) is 0 Å². The molecule has 2 amide bonds. The van der Waals surface area contributed by atoms with Gasteiger partial charge in [-0.2, -0.15) is 0 Å². The zero-order valence-electron chi connectivity index (χ0n) is 14.9. The molecule has 9 heteroatoms. The van der Waals surface area contributed by atoms with Gasteiger partial charge in [0, 0.05) is 0 Å². The average Bonchev–Trinajstić information content (AvgIpc) is 2.50. The van der Waals surface area contributed by atoms with E-state index in [0.29, 0.717) is 11.3 Å². The average molecular weight is 352 g/mol. The molecule has 0 heterocycles. The Morgan fingerprint density at radius 1 is 1.28 bits per heavy atom. The predicted octanol–water partition coefficient (Wildman–Crippen LogP) is 0.779. The molecule has 0 saturated heterocycles. The van der Waals surface area contributed by atoms with E-state index >= 15 is 0 Å². The normalized spacial score (nSPS) is 12.1. The van der Waals surface area contributed by atoms with E-state index in [-0.39, 0.29) is 12.9 Å². The highest BCUT2D eigenvalue weighted by Crippen LogP contribution is 2.22. The fourth-order valence-corrected chi connectivity index (χ4v) is 2.02. The van der Waals surface area contributed by atoms with E-state index in [2.05, 4.69) is 10.6 Å². The van der Waals surface area contributed by atoms with E-state index in [0.717, 1.165) is 0 Å². The molecule has 138 valence electrons. The molecule has 1 aromatic rings. The van der Waals surface area contributed by atoms with Crippen molar-refractivity contribution in [3.05, 3.63) is 29.8 Å². The number of nitrogens with one attached hydrogen (secondary N) is 2. The lowest BCUT2D eigenvalue weighted by molar-refractivity contribution is -0.121. The van der Waals surface area contributed by atoms with Crippen molar-refractivity contribution in [1.82, 2.24) is 10.6 Å². The lowest BCUT2D eigenvalue weighted by Crippen LogP contribution is -2.39. The second-order valence-electron chi connectivity index (χ2n) is 6.46. The van der Waals surface area contributed by atoms with Crippen molar-refractivity contribution >= 4 is 19.1 Å². The molecule has 8 nitrogen and oxygen atoms in total. The largest absolute Gasteiger partial charge is 0.497 e. The molecular formula is C16H25BN2O6. The molecule has 1 unspecified atom stereocenters. The molecule has 1 atom stereocenters. The fourth-order valence-electron chi connectivity index (χ4n) is 2.02. The van der Waals surface area contributed by atoms with Crippen LogP contribution in [0.3, 0.4) is 0 Å². The Labute approximate surface area is 147 Å². The van der Waals surface area contributed by atoms with Gasteiger partial charge in [-0.3, -0.25) is 4.79 Å². The highest BCUT2D eigenvalue weighted by Gasteiger charge is 2.23. The quantitative estimate of drug-likeness (QED) is 0.539. The molecule has 0 saturated carbocycles. The monoisotopic (exact) mass is 352 g/mol. The number of rotatable bonds is 7. The van der Waals surface area contributed by atoms with Crippen LogP contribution in [0, 0.1) is 0 Å². The van der Waals surface area contributed by atoms with Gasteiger partial charge < -0.3 is 30.2 Å². The SMILES string of the molecule is COc1cccc(C(CC(=O)NCB(O)O)NC(=O)OC(C)(C)C)c1. The fraction of sp³-hybridized carbons (Fsp3) is 0.500. The Balaban J connectivity index is 2.89. The van der Waals surface area contributed by atoms with E-state index < -0.39 is 30.8 Å². The maximum absolute atomic E-state index is 12.1. The van der Waals surface area contributed by atoms with Gasteiger partial charge in [-0.15, -0.1) is 0 Å². The summed E-state index contributed by atoms with van der Waals surface area (Å²) in [5, 5.41) is 22.7. The van der Waals surface area contributed by atoms with E-state index in [4.69, 9.17) is 19.5 Å². The van der Waals surface area contributed by atoms with Crippen LogP contribution >= 0.6 is 0 Å². The molecule has 0 spiro atoms. The molecular weight excluding hydrogens is 327 g/mol. The topological polar surface area (TPSA) is 117 Å². The van der Waals surface area contributed by atoms with Crippen LogP contribution in [0.1, 0.15) is 38.8 Å². The second kappa shape index (κ2) is 9.29. The third kappa shape index (κ3) is 8.41. The summed E-state index contributed by atoms with van der Waals surface area (Å²) < 4.78 is 10.4. The van der Waals surface area contributed by atoms with Crippen molar-refractivity contribution in [1.29, 1.82) is 0 Å². The third-order valence-corrected chi connectivity index (χ3v) is 3.06. The van der Waals surface area contributed by atoms with Gasteiger partial charge >= 0.3 is 13.2 Å². The number of carbonyl (C=O) groups excluding carboxylic acids is 2. The molecule has 0 aromatic heterocycles. The van der Waals surface area contributed by atoms with Gasteiger partial charge in [-0.1, -0.05) is 12.1 Å². The molecule has 0 radical (unpaired) electrons. The molecule has 0 aliphatic carbocycles. The molecule has 0 aliphatic rings. The first-order chi connectivity index (χ1) is 11.6. The van der Waals surface area contributed by atoms with E-state index in [1.807, 2.05) is 0 Å². The lowest BCUT2D eigenvalue weighted by Gasteiger charge is -2.24. The number of hydrogen-bond donors (Lipinski definition) is 4. The highest BCUT2D eigenvalue weighted by atomic mass is 16.6. The number of amides is 2. The first kappa shape index (κ1) is 20.8. The van der Waals surface area contributed by atoms with Crippen molar-refractivity contribution in [3.63, 3.8) is 0 Å². The Morgan fingerprint density at radius 2 is 1.96 bits per heavy atom. The zero-order valence-corrected chi connectivity index (χ0v) is 14.9. The highest BCUT2D eigenvalue weighted by molar-refractivity contribution is 6.41. The summed E-state index contributed by atoms with van der Waals surface area (Å²) in [7, 11) is -0.122. The number of benzene rings is 1. The van der Waals surface area contributed by atoms with Gasteiger partial charge in [0.05, 0.1) is 26.0 Å². The number of methoxy groups -OCH3 is 1. The minimum absolute atomic E-state index is 0.0981. The summed E-state index contributed by atoms with van der Waals surface area (Å²) >= 11 is 0. The van der Waals surface area contributed by atoms with Crippen LogP contribution in [0.15, 0.2) is 24.3 Å². The van der Waals surface area contributed by atoms with Gasteiger partial charge in [0.2, 0.25) is 5.91 Å². The lowest BCUT2D eigenvalue weighted by atomic mass is 9.92. The van der Waals surface area contributed by atoms with Crippen LogP contribution in [0.25, 0.3) is 0 Å². The van der Waals surface area contributed by atoms with Gasteiger partial charge in [-0.05, 0) is 38.5 Å². The molecule has 0 aliphatic heterocycles. The minimum Gasteiger partial charge on any atom is -0.497 e. The summed E-state index contributed by atoms with van der Waals surface area (Å²) in [6.45, 7) is 5.22.